The molecule has 1 saturated heterocycles. The fourth-order valence-corrected chi connectivity index (χ4v) is 2.48. The van der Waals surface area contributed by atoms with Crippen molar-refractivity contribution < 1.29 is 15.2 Å². The first kappa shape index (κ1) is 11.4. The summed E-state index contributed by atoms with van der Waals surface area (Å²) in [6, 6.07) is 7.36. The lowest BCUT2D eigenvalue weighted by molar-refractivity contribution is -0.666. The van der Waals surface area contributed by atoms with Gasteiger partial charge in [0, 0.05) is 17.4 Å². The van der Waals surface area contributed by atoms with Crippen molar-refractivity contribution in [1.29, 1.82) is 0 Å². The molecule has 16 heavy (non-hydrogen) atoms. The van der Waals surface area contributed by atoms with Crippen molar-refractivity contribution in [2.45, 2.75) is 18.9 Å². The van der Waals surface area contributed by atoms with E-state index in [4.69, 9.17) is 11.6 Å². The number of carbonyl (C=O) groups excluding carboxylic acids is 1. The van der Waals surface area contributed by atoms with Crippen LogP contribution in [-0.2, 0) is 11.2 Å². The fraction of sp³-hybridized carbons (Fsp3) is 0.417. The van der Waals surface area contributed by atoms with Gasteiger partial charge < -0.3 is 15.2 Å². The molecule has 1 aliphatic heterocycles. The summed E-state index contributed by atoms with van der Waals surface area (Å²) in [5.41, 5.74) is 1.17. The quantitative estimate of drug-likeness (QED) is 0.779. The summed E-state index contributed by atoms with van der Waals surface area (Å²) < 4.78 is 0. The lowest BCUT2D eigenvalue weighted by atomic mass is 9.97. The molecule has 1 heterocycles. The van der Waals surface area contributed by atoms with Crippen molar-refractivity contribution in [2.75, 3.05) is 6.54 Å². The van der Waals surface area contributed by atoms with E-state index in [0.29, 0.717) is 12.3 Å². The molecule has 2 rings (SSSR count). The molecule has 1 fully saturated rings. The van der Waals surface area contributed by atoms with E-state index in [0.717, 1.165) is 18.0 Å². The molecule has 0 aromatic heterocycles. The molecule has 2 atom stereocenters. The zero-order valence-corrected chi connectivity index (χ0v) is 9.61. The maximum absolute atomic E-state index is 10.7. The summed E-state index contributed by atoms with van der Waals surface area (Å²) in [7, 11) is 0. The number of nitrogens with two attached hydrogens (primary N) is 1. The number of carboxylic acid groups (broad SMARTS) is 1. The van der Waals surface area contributed by atoms with Crippen LogP contribution in [0.3, 0.4) is 0 Å². The Morgan fingerprint density at radius 3 is 3.00 bits per heavy atom. The van der Waals surface area contributed by atoms with Gasteiger partial charge in [0.25, 0.3) is 0 Å². The van der Waals surface area contributed by atoms with Crippen LogP contribution in [0, 0.1) is 5.92 Å². The summed E-state index contributed by atoms with van der Waals surface area (Å²) in [6.45, 7) is 0.852. The van der Waals surface area contributed by atoms with E-state index in [1.54, 1.807) is 0 Å². The van der Waals surface area contributed by atoms with Crippen LogP contribution in [0.25, 0.3) is 0 Å². The largest absolute Gasteiger partial charge is 0.544 e. The van der Waals surface area contributed by atoms with Crippen LogP contribution in [0.4, 0.5) is 0 Å². The number of carboxylic acids is 1. The summed E-state index contributed by atoms with van der Waals surface area (Å²) in [6.07, 6.45) is 1.58. The van der Waals surface area contributed by atoms with Crippen molar-refractivity contribution in [3.8, 4) is 0 Å². The summed E-state index contributed by atoms with van der Waals surface area (Å²) in [5, 5.41) is 13.3. The topological polar surface area (TPSA) is 56.7 Å². The third-order valence-corrected chi connectivity index (χ3v) is 3.29. The van der Waals surface area contributed by atoms with Gasteiger partial charge in [0.1, 0.15) is 6.04 Å². The number of hydrogen-bond donors (Lipinski definition) is 1. The number of benzene rings is 1. The van der Waals surface area contributed by atoms with Gasteiger partial charge in [-0.1, -0.05) is 23.7 Å². The Bertz CT molecular complexity index is 394. The second kappa shape index (κ2) is 4.85. The number of quaternary nitrogens is 1. The van der Waals surface area contributed by atoms with Crippen LogP contribution in [0.2, 0.25) is 5.02 Å². The zero-order valence-electron chi connectivity index (χ0n) is 8.86. The smallest absolute Gasteiger partial charge is 0.127 e. The van der Waals surface area contributed by atoms with Crippen molar-refractivity contribution in [3.05, 3.63) is 34.9 Å². The first-order valence-electron chi connectivity index (χ1n) is 5.44. The van der Waals surface area contributed by atoms with Crippen molar-refractivity contribution in [3.63, 3.8) is 0 Å². The third-order valence-electron chi connectivity index (χ3n) is 3.06. The lowest BCUT2D eigenvalue weighted by Crippen LogP contribution is -2.90. The number of halogens is 1. The Hall–Kier alpha value is -1.06. The van der Waals surface area contributed by atoms with Gasteiger partial charge in [-0.05, 0) is 24.1 Å². The molecule has 2 N–H and O–H groups in total. The van der Waals surface area contributed by atoms with Gasteiger partial charge in [-0.25, -0.2) is 0 Å². The SMILES string of the molecule is O=C([O-])[C@@H]1C[C@@H](Cc2cccc(Cl)c2)C[NH2+]1. The van der Waals surface area contributed by atoms with E-state index in [1.165, 1.54) is 5.56 Å². The van der Waals surface area contributed by atoms with Gasteiger partial charge in [0.05, 0.1) is 12.5 Å². The zero-order chi connectivity index (χ0) is 11.5. The lowest BCUT2D eigenvalue weighted by Gasteiger charge is -2.08. The second-order valence-corrected chi connectivity index (χ2v) is 4.77. The minimum absolute atomic E-state index is 0.371. The van der Waals surface area contributed by atoms with Gasteiger partial charge >= 0.3 is 0 Å². The molecule has 86 valence electrons. The Kier molecular flexibility index (Phi) is 3.46. The van der Waals surface area contributed by atoms with E-state index in [9.17, 15) is 9.90 Å². The Balaban J connectivity index is 1.94. The second-order valence-electron chi connectivity index (χ2n) is 4.33. The van der Waals surface area contributed by atoms with E-state index in [1.807, 2.05) is 29.6 Å². The van der Waals surface area contributed by atoms with Gasteiger partial charge in [-0.2, -0.15) is 0 Å². The molecule has 0 aliphatic carbocycles. The van der Waals surface area contributed by atoms with Crippen molar-refractivity contribution in [2.24, 2.45) is 5.92 Å². The molecule has 0 saturated carbocycles. The molecule has 4 heteroatoms. The predicted molar refractivity (Wildman–Crippen MR) is 58.9 cm³/mol. The number of hydrogen-bond acceptors (Lipinski definition) is 2. The number of rotatable bonds is 3. The van der Waals surface area contributed by atoms with Crippen LogP contribution in [0.5, 0.6) is 0 Å². The maximum Gasteiger partial charge on any atom is 0.127 e. The summed E-state index contributed by atoms with van der Waals surface area (Å²) in [4.78, 5) is 10.7. The van der Waals surface area contributed by atoms with Crippen LogP contribution < -0.4 is 10.4 Å². The molecule has 0 unspecified atom stereocenters. The van der Waals surface area contributed by atoms with Gasteiger partial charge in [-0.15, -0.1) is 0 Å². The number of aliphatic carboxylic acids is 1. The molecule has 0 spiro atoms. The minimum Gasteiger partial charge on any atom is -0.544 e. The Morgan fingerprint density at radius 1 is 1.56 bits per heavy atom. The van der Waals surface area contributed by atoms with E-state index in [2.05, 4.69) is 0 Å². The molecule has 0 amide bonds. The number of carbonyl (C=O) groups is 1. The minimum atomic E-state index is -0.950. The Labute approximate surface area is 99.4 Å². The van der Waals surface area contributed by atoms with Crippen LogP contribution in [0.15, 0.2) is 24.3 Å². The van der Waals surface area contributed by atoms with Gasteiger partial charge in [0.2, 0.25) is 0 Å². The van der Waals surface area contributed by atoms with E-state index >= 15 is 0 Å². The third kappa shape index (κ3) is 2.74. The fourth-order valence-electron chi connectivity index (χ4n) is 2.26. The average molecular weight is 240 g/mol. The summed E-state index contributed by atoms with van der Waals surface area (Å²) in [5.74, 6) is -0.546. The van der Waals surface area contributed by atoms with E-state index < -0.39 is 5.97 Å². The molecule has 1 aromatic rings. The van der Waals surface area contributed by atoms with Crippen LogP contribution in [0.1, 0.15) is 12.0 Å². The maximum atomic E-state index is 10.7. The van der Waals surface area contributed by atoms with Crippen LogP contribution in [-0.4, -0.2) is 18.6 Å². The highest BCUT2D eigenvalue weighted by Gasteiger charge is 2.28. The summed E-state index contributed by atoms with van der Waals surface area (Å²) >= 11 is 5.90. The predicted octanol–water partition coefficient (Wildman–Crippen LogP) is -0.416. The highest BCUT2D eigenvalue weighted by molar-refractivity contribution is 6.30. The molecule has 0 radical (unpaired) electrons. The molecule has 1 aliphatic rings. The standard InChI is InChI=1S/C12H14ClNO2/c13-10-3-1-2-8(5-10)4-9-6-11(12(15)16)14-7-9/h1-3,5,9,11,14H,4,6-7H2,(H,15,16)/t9-,11+/m1/s1. The van der Waals surface area contributed by atoms with Gasteiger partial charge in [-0.3, -0.25) is 0 Å². The Morgan fingerprint density at radius 2 is 2.38 bits per heavy atom. The average Bonchev–Trinajstić information content (AvgIpc) is 2.66. The van der Waals surface area contributed by atoms with E-state index in [-0.39, 0.29) is 6.04 Å². The molecule has 0 bridgehead atoms. The normalized spacial score (nSPS) is 24.6. The van der Waals surface area contributed by atoms with Gasteiger partial charge in [0.15, 0.2) is 0 Å². The highest BCUT2D eigenvalue weighted by atomic mass is 35.5. The first-order chi connectivity index (χ1) is 7.65. The van der Waals surface area contributed by atoms with Crippen molar-refractivity contribution in [1.82, 2.24) is 0 Å². The molecular weight excluding hydrogens is 226 g/mol. The monoisotopic (exact) mass is 239 g/mol. The van der Waals surface area contributed by atoms with Crippen LogP contribution >= 0.6 is 11.6 Å². The molecule has 3 nitrogen and oxygen atoms in total. The first-order valence-corrected chi connectivity index (χ1v) is 5.81. The molecule has 1 aromatic carbocycles. The van der Waals surface area contributed by atoms with Crippen molar-refractivity contribution >= 4 is 17.6 Å². The highest BCUT2D eigenvalue weighted by Crippen LogP contribution is 2.18. The molecular formula is C12H14ClNO2.